The van der Waals surface area contributed by atoms with E-state index >= 15 is 0 Å². The SMILES string of the molecule is Cc1cc(SCc2ncccc2C)ccc1N. The average Bonchev–Trinajstić information content (AvgIpc) is 2.32. The molecule has 1 aromatic carbocycles. The number of rotatable bonds is 3. The molecule has 2 N–H and O–H groups in total. The lowest BCUT2D eigenvalue weighted by molar-refractivity contribution is 1.13. The molecule has 0 spiro atoms. The molecule has 0 amide bonds. The number of benzene rings is 1. The molecule has 88 valence electrons. The zero-order chi connectivity index (χ0) is 12.3. The molecule has 0 radical (unpaired) electrons. The van der Waals surface area contributed by atoms with Crippen molar-refractivity contribution in [3.05, 3.63) is 53.3 Å². The van der Waals surface area contributed by atoms with Crippen molar-refractivity contribution in [2.75, 3.05) is 5.73 Å². The van der Waals surface area contributed by atoms with Gasteiger partial charge in [0.15, 0.2) is 0 Å². The number of anilines is 1. The molecule has 0 unspecified atom stereocenters. The summed E-state index contributed by atoms with van der Waals surface area (Å²) in [5.74, 6) is 0.899. The molecule has 3 heteroatoms. The van der Waals surface area contributed by atoms with Gasteiger partial charge in [0, 0.05) is 22.5 Å². The standard InChI is InChI=1S/C14H16N2S/c1-10-4-3-7-16-14(10)9-17-12-5-6-13(15)11(2)8-12/h3-8H,9,15H2,1-2H3. The number of aryl methyl sites for hydroxylation is 2. The fourth-order valence-electron chi connectivity index (χ4n) is 1.56. The van der Waals surface area contributed by atoms with Crippen LogP contribution in [-0.2, 0) is 5.75 Å². The van der Waals surface area contributed by atoms with Gasteiger partial charge in [-0.2, -0.15) is 0 Å². The van der Waals surface area contributed by atoms with Crippen LogP contribution in [0.25, 0.3) is 0 Å². The summed E-state index contributed by atoms with van der Waals surface area (Å²) in [6, 6.07) is 10.2. The van der Waals surface area contributed by atoms with Crippen molar-refractivity contribution < 1.29 is 0 Å². The number of nitrogens with zero attached hydrogens (tertiary/aromatic N) is 1. The van der Waals surface area contributed by atoms with Gasteiger partial charge in [0.2, 0.25) is 0 Å². The molecule has 0 aliphatic rings. The Kier molecular flexibility index (Phi) is 3.69. The van der Waals surface area contributed by atoms with E-state index in [1.807, 2.05) is 25.3 Å². The zero-order valence-electron chi connectivity index (χ0n) is 10.1. The van der Waals surface area contributed by atoms with Gasteiger partial charge >= 0.3 is 0 Å². The van der Waals surface area contributed by atoms with Gasteiger partial charge in [-0.25, -0.2) is 0 Å². The predicted molar refractivity (Wildman–Crippen MR) is 74.1 cm³/mol. The van der Waals surface area contributed by atoms with Crippen molar-refractivity contribution in [3.8, 4) is 0 Å². The predicted octanol–water partition coefficient (Wildman–Crippen LogP) is 3.57. The third-order valence-corrected chi connectivity index (χ3v) is 3.74. The van der Waals surface area contributed by atoms with Gasteiger partial charge in [-0.1, -0.05) is 6.07 Å². The number of hydrogen-bond acceptors (Lipinski definition) is 3. The number of nitrogen functional groups attached to an aromatic ring is 1. The highest BCUT2D eigenvalue weighted by Crippen LogP contribution is 2.25. The van der Waals surface area contributed by atoms with Crippen LogP contribution in [0.4, 0.5) is 5.69 Å². The largest absolute Gasteiger partial charge is 0.399 e. The maximum atomic E-state index is 5.80. The number of nitrogens with two attached hydrogens (primary N) is 1. The van der Waals surface area contributed by atoms with Gasteiger partial charge in [-0.3, -0.25) is 4.98 Å². The van der Waals surface area contributed by atoms with Gasteiger partial charge in [0.05, 0.1) is 5.69 Å². The first-order valence-corrected chi connectivity index (χ1v) is 6.55. The van der Waals surface area contributed by atoms with E-state index in [4.69, 9.17) is 5.73 Å². The molecule has 0 saturated heterocycles. The maximum absolute atomic E-state index is 5.80. The first-order chi connectivity index (χ1) is 8.16. The average molecular weight is 244 g/mol. The Morgan fingerprint density at radius 1 is 1.18 bits per heavy atom. The Labute approximate surface area is 106 Å². The topological polar surface area (TPSA) is 38.9 Å². The molecule has 2 aromatic rings. The zero-order valence-corrected chi connectivity index (χ0v) is 10.9. The fraction of sp³-hybridized carbons (Fsp3) is 0.214. The second-order valence-electron chi connectivity index (χ2n) is 4.07. The van der Waals surface area contributed by atoms with Crippen LogP contribution in [0, 0.1) is 13.8 Å². The molecule has 1 aromatic heterocycles. The van der Waals surface area contributed by atoms with Gasteiger partial charge in [0.25, 0.3) is 0 Å². The van der Waals surface area contributed by atoms with Crippen LogP contribution in [0.15, 0.2) is 41.4 Å². The van der Waals surface area contributed by atoms with E-state index in [1.54, 1.807) is 11.8 Å². The van der Waals surface area contributed by atoms with Crippen molar-refractivity contribution in [2.45, 2.75) is 24.5 Å². The molecule has 0 bridgehead atoms. The van der Waals surface area contributed by atoms with Crippen molar-refractivity contribution >= 4 is 17.4 Å². The highest BCUT2D eigenvalue weighted by Gasteiger charge is 2.02. The molecule has 2 nitrogen and oxygen atoms in total. The van der Waals surface area contributed by atoms with Crippen LogP contribution in [0.3, 0.4) is 0 Å². The van der Waals surface area contributed by atoms with Crippen molar-refractivity contribution in [3.63, 3.8) is 0 Å². The minimum absolute atomic E-state index is 0.850. The van der Waals surface area contributed by atoms with Crippen LogP contribution < -0.4 is 5.73 Å². The van der Waals surface area contributed by atoms with E-state index in [9.17, 15) is 0 Å². The molecule has 0 aliphatic heterocycles. The molecule has 0 atom stereocenters. The summed E-state index contributed by atoms with van der Waals surface area (Å²) < 4.78 is 0. The molecule has 1 heterocycles. The number of thioether (sulfide) groups is 1. The molecule has 17 heavy (non-hydrogen) atoms. The summed E-state index contributed by atoms with van der Waals surface area (Å²) in [6.07, 6.45) is 1.84. The Morgan fingerprint density at radius 2 is 2.00 bits per heavy atom. The summed E-state index contributed by atoms with van der Waals surface area (Å²) in [7, 11) is 0. The molecule has 0 fully saturated rings. The van der Waals surface area contributed by atoms with Crippen LogP contribution in [0.2, 0.25) is 0 Å². The summed E-state index contributed by atoms with van der Waals surface area (Å²) in [5.41, 5.74) is 10.2. The van der Waals surface area contributed by atoms with Crippen molar-refractivity contribution in [1.29, 1.82) is 0 Å². The van der Waals surface area contributed by atoms with Crippen molar-refractivity contribution in [2.24, 2.45) is 0 Å². The third kappa shape index (κ3) is 3.01. The first-order valence-electron chi connectivity index (χ1n) is 5.56. The smallest absolute Gasteiger partial charge is 0.0535 e. The minimum atomic E-state index is 0.850. The van der Waals surface area contributed by atoms with E-state index in [2.05, 4.69) is 30.1 Å². The second kappa shape index (κ2) is 5.23. The van der Waals surface area contributed by atoms with Crippen LogP contribution in [0.1, 0.15) is 16.8 Å². The van der Waals surface area contributed by atoms with E-state index in [0.29, 0.717) is 0 Å². The van der Waals surface area contributed by atoms with Crippen LogP contribution >= 0.6 is 11.8 Å². The first kappa shape index (κ1) is 12.0. The Balaban J connectivity index is 2.08. The maximum Gasteiger partial charge on any atom is 0.0535 e. The highest BCUT2D eigenvalue weighted by molar-refractivity contribution is 7.98. The molecule has 0 saturated carbocycles. The summed E-state index contributed by atoms with van der Waals surface area (Å²) in [5, 5.41) is 0. The van der Waals surface area contributed by atoms with Gasteiger partial charge in [-0.05, 0) is 49.2 Å². The Hall–Kier alpha value is -1.48. The number of aromatic nitrogens is 1. The van der Waals surface area contributed by atoms with E-state index in [0.717, 1.165) is 22.7 Å². The normalized spacial score (nSPS) is 10.5. The summed E-state index contributed by atoms with van der Waals surface area (Å²) in [6.45, 7) is 4.13. The Morgan fingerprint density at radius 3 is 2.71 bits per heavy atom. The van der Waals surface area contributed by atoms with Crippen molar-refractivity contribution in [1.82, 2.24) is 4.98 Å². The highest BCUT2D eigenvalue weighted by atomic mass is 32.2. The number of hydrogen-bond donors (Lipinski definition) is 1. The van der Waals surface area contributed by atoms with Gasteiger partial charge in [-0.15, -0.1) is 11.8 Å². The summed E-state index contributed by atoms with van der Waals surface area (Å²) >= 11 is 1.79. The quantitative estimate of drug-likeness (QED) is 0.662. The monoisotopic (exact) mass is 244 g/mol. The van der Waals surface area contributed by atoms with E-state index in [1.165, 1.54) is 10.5 Å². The lowest BCUT2D eigenvalue weighted by Gasteiger charge is -2.06. The molecular weight excluding hydrogens is 228 g/mol. The Bertz CT molecular complexity index is 523. The molecular formula is C14H16N2S. The van der Waals surface area contributed by atoms with Crippen LogP contribution in [0.5, 0.6) is 0 Å². The lowest BCUT2D eigenvalue weighted by Crippen LogP contribution is -1.91. The summed E-state index contributed by atoms with van der Waals surface area (Å²) in [4.78, 5) is 5.63. The van der Waals surface area contributed by atoms with Crippen LogP contribution in [-0.4, -0.2) is 4.98 Å². The fourth-order valence-corrected chi connectivity index (χ4v) is 2.59. The minimum Gasteiger partial charge on any atom is -0.399 e. The molecule has 0 aliphatic carbocycles. The van der Waals surface area contributed by atoms with Gasteiger partial charge in [0.1, 0.15) is 0 Å². The van der Waals surface area contributed by atoms with E-state index < -0.39 is 0 Å². The van der Waals surface area contributed by atoms with Gasteiger partial charge < -0.3 is 5.73 Å². The lowest BCUT2D eigenvalue weighted by atomic mass is 10.2. The number of pyridine rings is 1. The molecule has 2 rings (SSSR count). The third-order valence-electron chi connectivity index (χ3n) is 2.73. The second-order valence-corrected chi connectivity index (χ2v) is 5.12. The van der Waals surface area contributed by atoms with E-state index in [-0.39, 0.29) is 0 Å².